The number of piperidine rings is 1. The van der Waals surface area contributed by atoms with E-state index in [9.17, 15) is 4.79 Å². The molecule has 110 valence electrons. The number of carbonyl (C=O) groups is 1. The number of hydrogen-bond acceptors (Lipinski definition) is 4. The third-order valence-electron chi connectivity index (χ3n) is 4.44. The fourth-order valence-electron chi connectivity index (χ4n) is 3.27. The molecule has 0 saturated carbocycles. The number of nitrogens with zero attached hydrogens (tertiary/aromatic N) is 3. The number of likely N-dealkylation sites (tertiary alicyclic amines) is 2. The summed E-state index contributed by atoms with van der Waals surface area (Å²) in [4.78, 5) is 16.7. The van der Waals surface area contributed by atoms with E-state index in [1.807, 2.05) is 4.90 Å². The average Bonchev–Trinajstić information content (AvgIpc) is 3.10. The number of nitrogens with one attached hydrogen (secondary N) is 1. The molecule has 0 unspecified atom stereocenters. The molecule has 0 spiro atoms. The van der Waals surface area contributed by atoms with E-state index in [0.29, 0.717) is 11.5 Å². The van der Waals surface area contributed by atoms with Gasteiger partial charge in [0.25, 0.3) is 5.91 Å². The van der Waals surface area contributed by atoms with Crippen LogP contribution in [-0.4, -0.2) is 58.6 Å². The number of amides is 1. The van der Waals surface area contributed by atoms with Crippen molar-refractivity contribution >= 4 is 11.7 Å². The first-order chi connectivity index (χ1) is 9.72. The standard InChI is InChI=1S/C14H23N5O/c15-13-9-12(16-17-13)14(20)19-7-3-11(4-8-19)10-18-5-1-2-6-18/h9,11H,1-8,10H2,(H3,15,16,17). The van der Waals surface area contributed by atoms with Gasteiger partial charge in [0, 0.05) is 25.7 Å². The van der Waals surface area contributed by atoms with Crippen LogP contribution in [0.1, 0.15) is 36.2 Å². The number of nitrogens with two attached hydrogens (primary N) is 1. The van der Waals surface area contributed by atoms with Gasteiger partial charge in [0.1, 0.15) is 11.5 Å². The number of carbonyl (C=O) groups excluding carboxylic acids is 1. The van der Waals surface area contributed by atoms with Gasteiger partial charge in [-0.3, -0.25) is 9.89 Å². The molecule has 2 aliphatic rings. The van der Waals surface area contributed by atoms with Gasteiger partial charge < -0.3 is 15.5 Å². The molecule has 1 aromatic heterocycles. The summed E-state index contributed by atoms with van der Waals surface area (Å²) in [5, 5.41) is 6.51. The summed E-state index contributed by atoms with van der Waals surface area (Å²) in [7, 11) is 0. The summed E-state index contributed by atoms with van der Waals surface area (Å²) >= 11 is 0. The largest absolute Gasteiger partial charge is 0.382 e. The predicted molar refractivity (Wildman–Crippen MR) is 77.3 cm³/mol. The van der Waals surface area contributed by atoms with Gasteiger partial charge in [-0.1, -0.05) is 0 Å². The second-order valence-corrected chi connectivity index (χ2v) is 5.95. The van der Waals surface area contributed by atoms with E-state index in [-0.39, 0.29) is 5.91 Å². The Balaban J connectivity index is 1.49. The monoisotopic (exact) mass is 277 g/mol. The Morgan fingerprint density at radius 3 is 2.60 bits per heavy atom. The molecule has 3 N–H and O–H groups in total. The van der Waals surface area contributed by atoms with Crippen LogP contribution in [0.2, 0.25) is 0 Å². The summed E-state index contributed by atoms with van der Waals surface area (Å²) in [5.41, 5.74) is 6.04. The van der Waals surface area contributed by atoms with Crippen molar-refractivity contribution in [1.29, 1.82) is 0 Å². The highest BCUT2D eigenvalue weighted by molar-refractivity contribution is 5.93. The van der Waals surface area contributed by atoms with Crippen molar-refractivity contribution in [2.24, 2.45) is 5.92 Å². The average molecular weight is 277 g/mol. The van der Waals surface area contributed by atoms with Crippen LogP contribution in [0.3, 0.4) is 0 Å². The molecule has 0 atom stereocenters. The maximum absolute atomic E-state index is 12.3. The van der Waals surface area contributed by atoms with E-state index in [2.05, 4.69) is 15.1 Å². The molecule has 2 aliphatic heterocycles. The molecule has 3 rings (SSSR count). The van der Waals surface area contributed by atoms with Crippen LogP contribution in [0.5, 0.6) is 0 Å². The highest BCUT2D eigenvalue weighted by Gasteiger charge is 2.26. The van der Waals surface area contributed by atoms with Gasteiger partial charge in [-0.25, -0.2) is 0 Å². The lowest BCUT2D eigenvalue weighted by Gasteiger charge is -2.33. The highest BCUT2D eigenvalue weighted by Crippen LogP contribution is 2.21. The van der Waals surface area contributed by atoms with Crippen molar-refractivity contribution in [3.05, 3.63) is 11.8 Å². The molecule has 2 saturated heterocycles. The van der Waals surface area contributed by atoms with Crippen molar-refractivity contribution in [3.8, 4) is 0 Å². The minimum absolute atomic E-state index is 0.0221. The number of rotatable bonds is 3. The van der Waals surface area contributed by atoms with Gasteiger partial charge >= 0.3 is 0 Å². The van der Waals surface area contributed by atoms with Gasteiger partial charge in [-0.2, -0.15) is 5.10 Å². The number of H-pyrrole nitrogens is 1. The van der Waals surface area contributed by atoms with Crippen molar-refractivity contribution in [2.45, 2.75) is 25.7 Å². The Bertz CT molecular complexity index is 458. The predicted octanol–water partition coefficient (Wildman–Crippen LogP) is 0.940. The van der Waals surface area contributed by atoms with E-state index < -0.39 is 0 Å². The van der Waals surface area contributed by atoms with Crippen molar-refractivity contribution in [2.75, 3.05) is 38.5 Å². The molecule has 1 amide bonds. The molecule has 0 radical (unpaired) electrons. The Labute approximate surface area is 119 Å². The third-order valence-corrected chi connectivity index (χ3v) is 4.44. The van der Waals surface area contributed by atoms with Crippen LogP contribution in [-0.2, 0) is 0 Å². The smallest absolute Gasteiger partial charge is 0.271 e. The lowest BCUT2D eigenvalue weighted by atomic mass is 9.96. The van der Waals surface area contributed by atoms with E-state index >= 15 is 0 Å². The molecule has 6 nitrogen and oxygen atoms in total. The molecule has 1 aromatic rings. The summed E-state index contributed by atoms with van der Waals surface area (Å²) in [6.45, 7) is 5.41. The zero-order chi connectivity index (χ0) is 13.9. The Morgan fingerprint density at radius 1 is 1.30 bits per heavy atom. The first-order valence-electron chi connectivity index (χ1n) is 7.55. The van der Waals surface area contributed by atoms with Crippen LogP contribution in [0, 0.1) is 5.92 Å². The molecule has 3 heterocycles. The number of nitrogen functional groups attached to an aromatic ring is 1. The first kappa shape index (κ1) is 13.4. The number of aromatic nitrogens is 2. The van der Waals surface area contributed by atoms with Gasteiger partial charge in [0.15, 0.2) is 0 Å². The van der Waals surface area contributed by atoms with Crippen LogP contribution < -0.4 is 5.73 Å². The highest BCUT2D eigenvalue weighted by atomic mass is 16.2. The van der Waals surface area contributed by atoms with Crippen LogP contribution in [0.15, 0.2) is 6.07 Å². The minimum Gasteiger partial charge on any atom is -0.382 e. The van der Waals surface area contributed by atoms with Crippen LogP contribution in [0.4, 0.5) is 5.82 Å². The van der Waals surface area contributed by atoms with Crippen LogP contribution in [0.25, 0.3) is 0 Å². The van der Waals surface area contributed by atoms with E-state index in [1.54, 1.807) is 6.07 Å². The second-order valence-electron chi connectivity index (χ2n) is 5.95. The molecule has 6 heteroatoms. The molecule has 20 heavy (non-hydrogen) atoms. The van der Waals surface area contributed by atoms with Gasteiger partial charge in [-0.05, 0) is 44.7 Å². The molecule has 0 aromatic carbocycles. The second kappa shape index (κ2) is 5.83. The maximum Gasteiger partial charge on any atom is 0.271 e. The lowest BCUT2D eigenvalue weighted by Crippen LogP contribution is -2.41. The van der Waals surface area contributed by atoms with Gasteiger partial charge in [0.2, 0.25) is 0 Å². The van der Waals surface area contributed by atoms with E-state index in [0.717, 1.165) is 31.8 Å². The fraction of sp³-hybridized carbons (Fsp3) is 0.714. The Morgan fingerprint density at radius 2 is 2.00 bits per heavy atom. The molecular formula is C14H23N5O. The van der Waals surface area contributed by atoms with Gasteiger partial charge in [-0.15, -0.1) is 0 Å². The zero-order valence-electron chi connectivity index (χ0n) is 11.8. The van der Waals surface area contributed by atoms with E-state index in [1.165, 1.54) is 32.5 Å². The Kier molecular flexibility index (Phi) is 3.91. The summed E-state index contributed by atoms with van der Waals surface area (Å²) < 4.78 is 0. The van der Waals surface area contributed by atoms with Crippen LogP contribution >= 0.6 is 0 Å². The first-order valence-corrected chi connectivity index (χ1v) is 7.55. The van der Waals surface area contributed by atoms with Crippen molar-refractivity contribution in [1.82, 2.24) is 20.0 Å². The number of hydrogen-bond donors (Lipinski definition) is 2. The topological polar surface area (TPSA) is 78.3 Å². The summed E-state index contributed by atoms with van der Waals surface area (Å²) in [5.74, 6) is 1.13. The molecule has 2 fully saturated rings. The zero-order valence-corrected chi connectivity index (χ0v) is 11.8. The third kappa shape index (κ3) is 2.95. The normalized spacial score (nSPS) is 21.5. The molecule has 0 bridgehead atoms. The summed E-state index contributed by atoms with van der Waals surface area (Å²) in [6, 6.07) is 1.61. The van der Waals surface area contributed by atoms with Gasteiger partial charge in [0.05, 0.1) is 0 Å². The lowest BCUT2D eigenvalue weighted by molar-refractivity contribution is 0.0667. The summed E-state index contributed by atoms with van der Waals surface area (Å²) in [6.07, 6.45) is 4.90. The minimum atomic E-state index is 0.0221. The Hall–Kier alpha value is -1.56. The number of aromatic amines is 1. The SMILES string of the molecule is Nc1cc(C(=O)N2CCC(CN3CCCC3)CC2)[nH]n1. The quantitative estimate of drug-likeness (QED) is 0.862. The maximum atomic E-state index is 12.3. The number of anilines is 1. The fourth-order valence-corrected chi connectivity index (χ4v) is 3.27. The van der Waals surface area contributed by atoms with E-state index in [4.69, 9.17) is 5.73 Å². The molecular weight excluding hydrogens is 254 g/mol. The molecule has 0 aliphatic carbocycles. The van der Waals surface area contributed by atoms with Crippen molar-refractivity contribution in [3.63, 3.8) is 0 Å². The van der Waals surface area contributed by atoms with Crippen molar-refractivity contribution < 1.29 is 4.79 Å².